The van der Waals surface area contributed by atoms with Gasteiger partial charge < -0.3 is 14.8 Å². The maximum Gasteiger partial charge on any atom is 0.338 e. The van der Waals surface area contributed by atoms with E-state index in [0.29, 0.717) is 29.0 Å². The van der Waals surface area contributed by atoms with Crippen LogP contribution in [-0.2, 0) is 16.0 Å². The zero-order valence-electron chi connectivity index (χ0n) is 16.4. The van der Waals surface area contributed by atoms with Crippen LogP contribution in [-0.4, -0.2) is 49.7 Å². The molecule has 2 aromatic rings. The molecule has 6 nitrogen and oxygen atoms in total. The summed E-state index contributed by atoms with van der Waals surface area (Å²) in [5.74, 6) is -0.587. The number of ether oxygens (including phenoxy) is 2. The number of amides is 1. The fourth-order valence-corrected chi connectivity index (χ4v) is 3.22. The molecule has 1 fully saturated rings. The predicted molar refractivity (Wildman–Crippen MR) is 108 cm³/mol. The lowest BCUT2D eigenvalue weighted by molar-refractivity contribution is 0.0342. The highest BCUT2D eigenvalue weighted by Crippen LogP contribution is 2.21. The Morgan fingerprint density at radius 1 is 1.14 bits per heavy atom. The second kappa shape index (κ2) is 9.48. The van der Waals surface area contributed by atoms with Gasteiger partial charge in [-0.2, -0.15) is 0 Å². The molecule has 0 spiro atoms. The van der Waals surface area contributed by atoms with E-state index in [1.807, 2.05) is 18.2 Å². The predicted octanol–water partition coefficient (Wildman–Crippen LogP) is 3.26. The Morgan fingerprint density at radius 3 is 2.64 bits per heavy atom. The minimum atomic E-state index is -0.386. The van der Waals surface area contributed by atoms with E-state index >= 15 is 0 Å². The molecule has 0 saturated carbocycles. The summed E-state index contributed by atoms with van der Waals surface area (Å²) < 4.78 is 10.5. The number of rotatable bonds is 6. The Morgan fingerprint density at radius 2 is 1.89 bits per heavy atom. The Kier molecular flexibility index (Phi) is 6.79. The van der Waals surface area contributed by atoms with E-state index in [2.05, 4.69) is 10.2 Å². The first-order valence-corrected chi connectivity index (χ1v) is 9.55. The van der Waals surface area contributed by atoms with Crippen LogP contribution in [0.15, 0.2) is 42.5 Å². The van der Waals surface area contributed by atoms with Gasteiger partial charge in [0.2, 0.25) is 0 Å². The number of benzene rings is 2. The van der Waals surface area contributed by atoms with E-state index in [-0.39, 0.29) is 11.9 Å². The summed E-state index contributed by atoms with van der Waals surface area (Å²) in [5, 5.41) is 2.91. The molecule has 0 unspecified atom stereocenters. The van der Waals surface area contributed by atoms with Crippen molar-refractivity contribution in [3.63, 3.8) is 0 Å². The van der Waals surface area contributed by atoms with E-state index < -0.39 is 0 Å². The van der Waals surface area contributed by atoms with Crippen LogP contribution in [0, 0.1) is 6.92 Å². The van der Waals surface area contributed by atoms with Gasteiger partial charge in [0.1, 0.15) is 0 Å². The van der Waals surface area contributed by atoms with Crippen LogP contribution >= 0.6 is 0 Å². The monoisotopic (exact) mass is 382 g/mol. The third kappa shape index (κ3) is 4.97. The maximum absolute atomic E-state index is 12.8. The van der Waals surface area contributed by atoms with Gasteiger partial charge >= 0.3 is 5.97 Å². The molecule has 0 aromatic heterocycles. The summed E-state index contributed by atoms with van der Waals surface area (Å²) in [6.07, 6.45) is 0. The normalized spacial score (nSPS) is 14.5. The molecule has 0 bridgehead atoms. The summed E-state index contributed by atoms with van der Waals surface area (Å²) in [6.45, 7) is 7.96. The van der Waals surface area contributed by atoms with Gasteiger partial charge in [0.15, 0.2) is 0 Å². The van der Waals surface area contributed by atoms with Crippen LogP contribution in [0.25, 0.3) is 0 Å². The number of carbonyl (C=O) groups excluding carboxylic acids is 2. The lowest BCUT2D eigenvalue weighted by Gasteiger charge is -2.26. The van der Waals surface area contributed by atoms with Gasteiger partial charge in [0, 0.05) is 30.9 Å². The molecule has 28 heavy (non-hydrogen) atoms. The highest BCUT2D eigenvalue weighted by Gasteiger charge is 2.16. The molecule has 1 aliphatic heterocycles. The van der Waals surface area contributed by atoms with Crippen LogP contribution < -0.4 is 5.32 Å². The highest BCUT2D eigenvalue weighted by molar-refractivity contribution is 6.05. The minimum Gasteiger partial charge on any atom is -0.462 e. The van der Waals surface area contributed by atoms with Crippen molar-refractivity contribution < 1.29 is 19.1 Å². The number of esters is 1. The fourth-order valence-electron chi connectivity index (χ4n) is 3.22. The van der Waals surface area contributed by atoms with E-state index in [1.54, 1.807) is 38.1 Å². The minimum absolute atomic E-state index is 0.201. The van der Waals surface area contributed by atoms with Gasteiger partial charge in [-0.15, -0.1) is 0 Å². The van der Waals surface area contributed by atoms with Gasteiger partial charge in [0.05, 0.1) is 25.4 Å². The highest BCUT2D eigenvalue weighted by atomic mass is 16.5. The third-order valence-corrected chi connectivity index (χ3v) is 4.78. The van der Waals surface area contributed by atoms with Crippen LogP contribution in [0.2, 0.25) is 0 Å². The molecule has 1 saturated heterocycles. The van der Waals surface area contributed by atoms with Crippen molar-refractivity contribution in [3.05, 3.63) is 64.7 Å². The van der Waals surface area contributed by atoms with Gasteiger partial charge in [-0.25, -0.2) is 4.79 Å². The standard InChI is InChI=1S/C22H26N2O4/c1-3-28-22(26)19-8-5-9-20(16(19)2)23-21(25)18-7-4-6-17(14-18)15-24-10-12-27-13-11-24/h4-9,14H,3,10-13,15H2,1-2H3,(H,23,25). The second-order valence-electron chi connectivity index (χ2n) is 6.74. The second-order valence-corrected chi connectivity index (χ2v) is 6.74. The molecule has 3 rings (SSSR count). The number of nitrogens with zero attached hydrogens (tertiary/aromatic N) is 1. The average molecular weight is 382 g/mol. The zero-order valence-corrected chi connectivity index (χ0v) is 16.4. The summed E-state index contributed by atoms with van der Waals surface area (Å²) in [4.78, 5) is 27.1. The smallest absolute Gasteiger partial charge is 0.338 e. The number of hydrogen-bond donors (Lipinski definition) is 1. The summed E-state index contributed by atoms with van der Waals surface area (Å²) in [5.41, 5.74) is 3.44. The Bertz CT molecular complexity index is 844. The molecule has 148 valence electrons. The zero-order chi connectivity index (χ0) is 19.9. The van der Waals surface area contributed by atoms with Crippen molar-refractivity contribution in [3.8, 4) is 0 Å². The summed E-state index contributed by atoms with van der Waals surface area (Å²) >= 11 is 0. The lowest BCUT2D eigenvalue weighted by Crippen LogP contribution is -2.35. The Balaban J connectivity index is 1.72. The fraction of sp³-hybridized carbons (Fsp3) is 0.364. The number of carbonyl (C=O) groups is 2. The van der Waals surface area contributed by atoms with Gasteiger partial charge in [-0.05, 0) is 49.2 Å². The lowest BCUT2D eigenvalue weighted by atomic mass is 10.1. The first-order chi connectivity index (χ1) is 13.6. The molecule has 2 aromatic carbocycles. The van der Waals surface area contributed by atoms with E-state index in [9.17, 15) is 9.59 Å². The first kappa shape index (κ1) is 20.0. The van der Waals surface area contributed by atoms with Crippen molar-refractivity contribution in [2.45, 2.75) is 20.4 Å². The molecule has 0 atom stereocenters. The van der Waals surface area contributed by atoms with E-state index in [4.69, 9.17) is 9.47 Å². The SMILES string of the molecule is CCOC(=O)c1cccc(NC(=O)c2cccc(CN3CCOCC3)c2)c1C. The molecule has 0 aliphatic carbocycles. The van der Waals surface area contributed by atoms with Crippen LogP contribution in [0.1, 0.15) is 38.8 Å². The van der Waals surface area contributed by atoms with Gasteiger partial charge in [-0.1, -0.05) is 18.2 Å². The van der Waals surface area contributed by atoms with Crippen molar-refractivity contribution in [2.75, 3.05) is 38.2 Å². The summed E-state index contributed by atoms with van der Waals surface area (Å²) in [6, 6.07) is 12.9. The number of nitrogens with one attached hydrogen (secondary N) is 1. The van der Waals surface area contributed by atoms with Crippen molar-refractivity contribution in [2.24, 2.45) is 0 Å². The Hall–Kier alpha value is -2.70. The number of morpholine rings is 1. The first-order valence-electron chi connectivity index (χ1n) is 9.55. The van der Waals surface area contributed by atoms with Crippen LogP contribution in [0.5, 0.6) is 0 Å². The average Bonchev–Trinajstić information content (AvgIpc) is 2.70. The van der Waals surface area contributed by atoms with Crippen LogP contribution in [0.4, 0.5) is 5.69 Å². The molecule has 1 aliphatic rings. The Labute approximate surface area is 165 Å². The molecule has 1 amide bonds. The third-order valence-electron chi connectivity index (χ3n) is 4.78. The number of anilines is 1. The van der Waals surface area contributed by atoms with Crippen molar-refractivity contribution in [1.29, 1.82) is 0 Å². The molecule has 6 heteroatoms. The number of hydrogen-bond acceptors (Lipinski definition) is 5. The molecular weight excluding hydrogens is 356 g/mol. The quantitative estimate of drug-likeness (QED) is 0.777. The molecular formula is C22H26N2O4. The van der Waals surface area contributed by atoms with E-state index in [0.717, 1.165) is 38.4 Å². The topological polar surface area (TPSA) is 67.9 Å². The van der Waals surface area contributed by atoms with Gasteiger partial charge in [0.25, 0.3) is 5.91 Å². The molecule has 1 heterocycles. The van der Waals surface area contributed by atoms with Crippen molar-refractivity contribution in [1.82, 2.24) is 4.90 Å². The largest absolute Gasteiger partial charge is 0.462 e. The molecule has 0 radical (unpaired) electrons. The van der Waals surface area contributed by atoms with Crippen molar-refractivity contribution >= 4 is 17.6 Å². The van der Waals surface area contributed by atoms with E-state index in [1.165, 1.54) is 0 Å². The maximum atomic E-state index is 12.8. The van der Waals surface area contributed by atoms with Gasteiger partial charge in [-0.3, -0.25) is 9.69 Å². The van der Waals surface area contributed by atoms with Crippen LogP contribution in [0.3, 0.4) is 0 Å². The molecule has 1 N–H and O–H groups in total. The summed E-state index contributed by atoms with van der Waals surface area (Å²) in [7, 11) is 0.